The summed E-state index contributed by atoms with van der Waals surface area (Å²) in [6.07, 6.45) is 1.61. The quantitative estimate of drug-likeness (QED) is 0.869. The summed E-state index contributed by atoms with van der Waals surface area (Å²) < 4.78 is 11.0. The Balaban J connectivity index is 1.98. The van der Waals surface area contributed by atoms with E-state index in [1.54, 1.807) is 23.2 Å². The van der Waals surface area contributed by atoms with E-state index >= 15 is 0 Å². The second-order valence-electron chi connectivity index (χ2n) is 4.87. The van der Waals surface area contributed by atoms with Crippen LogP contribution < -0.4 is 14.4 Å². The first-order valence-electron chi connectivity index (χ1n) is 7.21. The third-order valence-electron chi connectivity index (χ3n) is 3.35. The molecule has 22 heavy (non-hydrogen) atoms. The van der Waals surface area contributed by atoms with Crippen LogP contribution in [0.5, 0.6) is 11.8 Å². The fourth-order valence-corrected chi connectivity index (χ4v) is 2.35. The van der Waals surface area contributed by atoms with Crippen molar-refractivity contribution in [1.29, 1.82) is 0 Å². The SMILES string of the molecule is CCOc1ncccc1C(=O)N1CCOc2nc(C)ccc21. The zero-order valence-corrected chi connectivity index (χ0v) is 12.6. The number of hydrogen-bond donors (Lipinski definition) is 0. The van der Waals surface area contributed by atoms with Gasteiger partial charge in [-0.3, -0.25) is 9.69 Å². The lowest BCUT2D eigenvalue weighted by atomic mass is 10.2. The minimum atomic E-state index is -0.160. The molecule has 0 radical (unpaired) electrons. The summed E-state index contributed by atoms with van der Waals surface area (Å²) in [7, 11) is 0. The van der Waals surface area contributed by atoms with E-state index in [2.05, 4.69) is 9.97 Å². The van der Waals surface area contributed by atoms with Crippen molar-refractivity contribution in [1.82, 2.24) is 9.97 Å². The van der Waals surface area contributed by atoms with Crippen LogP contribution in [-0.2, 0) is 0 Å². The van der Waals surface area contributed by atoms with Gasteiger partial charge >= 0.3 is 0 Å². The molecule has 6 nitrogen and oxygen atoms in total. The molecule has 1 amide bonds. The smallest absolute Gasteiger partial charge is 0.264 e. The molecule has 3 rings (SSSR count). The van der Waals surface area contributed by atoms with Crippen LogP contribution in [-0.4, -0.2) is 35.6 Å². The summed E-state index contributed by atoms with van der Waals surface area (Å²) in [5, 5.41) is 0. The van der Waals surface area contributed by atoms with Crippen LogP contribution in [0.25, 0.3) is 0 Å². The molecule has 0 saturated heterocycles. The molecule has 0 aliphatic carbocycles. The van der Waals surface area contributed by atoms with Crippen LogP contribution in [0.3, 0.4) is 0 Å². The number of ether oxygens (including phenoxy) is 2. The number of carbonyl (C=O) groups excluding carboxylic acids is 1. The normalized spacial score (nSPS) is 13.3. The number of rotatable bonds is 3. The average Bonchev–Trinajstić information content (AvgIpc) is 2.54. The van der Waals surface area contributed by atoms with Crippen LogP contribution in [0.1, 0.15) is 23.0 Å². The van der Waals surface area contributed by atoms with Gasteiger partial charge in [0.15, 0.2) is 0 Å². The molecule has 2 aromatic heterocycles. The summed E-state index contributed by atoms with van der Waals surface area (Å²) in [5.74, 6) is 0.677. The van der Waals surface area contributed by atoms with Gasteiger partial charge < -0.3 is 9.47 Å². The van der Waals surface area contributed by atoms with E-state index in [0.29, 0.717) is 42.8 Å². The van der Waals surface area contributed by atoms with Crippen LogP contribution >= 0.6 is 0 Å². The maximum atomic E-state index is 12.9. The van der Waals surface area contributed by atoms with E-state index < -0.39 is 0 Å². The monoisotopic (exact) mass is 299 g/mol. The van der Waals surface area contributed by atoms with Crippen molar-refractivity contribution in [3.63, 3.8) is 0 Å². The maximum absolute atomic E-state index is 12.9. The average molecular weight is 299 g/mol. The molecule has 0 unspecified atom stereocenters. The zero-order chi connectivity index (χ0) is 15.5. The lowest BCUT2D eigenvalue weighted by Gasteiger charge is -2.29. The minimum absolute atomic E-state index is 0.160. The second-order valence-corrected chi connectivity index (χ2v) is 4.87. The summed E-state index contributed by atoms with van der Waals surface area (Å²) in [6.45, 7) is 5.09. The van der Waals surface area contributed by atoms with Crippen molar-refractivity contribution >= 4 is 11.6 Å². The van der Waals surface area contributed by atoms with Gasteiger partial charge in [0.1, 0.15) is 17.9 Å². The Bertz CT molecular complexity index is 703. The highest BCUT2D eigenvalue weighted by Crippen LogP contribution is 2.31. The van der Waals surface area contributed by atoms with Crippen molar-refractivity contribution in [2.75, 3.05) is 24.7 Å². The molecule has 6 heteroatoms. The van der Waals surface area contributed by atoms with E-state index in [4.69, 9.17) is 9.47 Å². The molecule has 2 aromatic rings. The Morgan fingerprint density at radius 2 is 2.27 bits per heavy atom. The van der Waals surface area contributed by atoms with Gasteiger partial charge in [0.05, 0.1) is 13.2 Å². The van der Waals surface area contributed by atoms with Gasteiger partial charge in [-0.2, -0.15) is 0 Å². The molecule has 0 bridgehead atoms. The number of aryl methyl sites for hydroxylation is 1. The topological polar surface area (TPSA) is 64.5 Å². The zero-order valence-electron chi connectivity index (χ0n) is 12.6. The van der Waals surface area contributed by atoms with Gasteiger partial charge in [0, 0.05) is 11.9 Å². The van der Waals surface area contributed by atoms with E-state index in [-0.39, 0.29) is 5.91 Å². The lowest BCUT2D eigenvalue weighted by molar-refractivity contribution is 0.0971. The molecule has 0 aromatic carbocycles. The number of fused-ring (bicyclic) bond motifs is 1. The van der Waals surface area contributed by atoms with Crippen molar-refractivity contribution in [3.05, 3.63) is 41.7 Å². The Morgan fingerprint density at radius 3 is 3.09 bits per heavy atom. The Morgan fingerprint density at radius 1 is 1.41 bits per heavy atom. The predicted octanol–water partition coefficient (Wildman–Crippen LogP) is 2.22. The third kappa shape index (κ3) is 2.59. The molecule has 0 spiro atoms. The molecule has 0 fully saturated rings. The van der Waals surface area contributed by atoms with Gasteiger partial charge in [-0.1, -0.05) is 0 Å². The molecule has 0 N–H and O–H groups in total. The van der Waals surface area contributed by atoms with E-state index in [1.165, 1.54) is 0 Å². The Labute approximate surface area is 128 Å². The molecule has 0 saturated carbocycles. The van der Waals surface area contributed by atoms with Crippen molar-refractivity contribution in [2.24, 2.45) is 0 Å². The van der Waals surface area contributed by atoms with Gasteiger partial charge in [0.25, 0.3) is 5.91 Å². The summed E-state index contributed by atoms with van der Waals surface area (Å²) in [6, 6.07) is 7.16. The van der Waals surface area contributed by atoms with Crippen LogP contribution in [0.15, 0.2) is 30.5 Å². The first-order chi connectivity index (χ1) is 10.7. The first kappa shape index (κ1) is 14.3. The lowest BCUT2D eigenvalue weighted by Crippen LogP contribution is -2.38. The molecule has 1 aliphatic rings. The predicted molar refractivity (Wildman–Crippen MR) is 81.6 cm³/mol. The van der Waals surface area contributed by atoms with E-state index in [9.17, 15) is 4.79 Å². The fourth-order valence-electron chi connectivity index (χ4n) is 2.35. The Hall–Kier alpha value is -2.63. The van der Waals surface area contributed by atoms with Crippen molar-refractivity contribution in [2.45, 2.75) is 13.8 Å². The Kier molecular flexibility index (Phi) is 3.91. The van der Waals surface area contributed by atoms with E-state index in [0.717, 1.165) is 5.69 Å². The number of nitrogens with zero attached hydrogens (tertiary/aromatic N) is 3. The highest BCUT2D eigenvalue weighted by Gasteiger charge is 2.27. The van der Waals surface area contributed by atoms with Gasteiger partial charge in [0.2, 0.25) is 11.8 Å². The van der Waals surface area contributed by atoms with Gasteiger partial charge in [-0.15, -0.1) is 0 Å². The van der Waals surface area contributed by atoms with Crippen molar-refractivity contribution in [3.8, 4) is 11.8 Å². The molecule has 114 valence electrons. The number of aromatic nitrogens is 2. The highest BCUT2D eigenvalue weighted by molar-refractivity contribution is 6.08. The maximum Gasteiger partial charge on any atom is 0.264 e. The largest absolute Gasteiger partial charge is 0.477 e. The van der Waals surface area contributed by atoms with Gasteiger partial charge in [-0.05, 0) is 38.1 Å². The standard InChI is InChI=1S/C16H17N3O3/c1-3-21-14-12(5-4-8-17-14)16(20)19-9-10-22-15-13(19)7-6-11(2)18-15/h4-8H,3,9-10H2,1-2H3. The second kappa shape index (κ2) is 6.01. The summed E-state index contributed by atoms with van der Waals surface area (Å²) in [5.41, 5.74) is 1.97. The number of carbonyl (C=O) groups is 1. The van der Waals surface area contributed by atoms with Gasteiger partial charge in [-0.25, -0.2) is 9.97 Å². The van der Waals surface area contributed by atoms with Crippen LogP contribution in [0.2, 0.25) is 0 Å². The highest BCUT2D eigenvalue weighted by atomic mass is 16.5. The minimum Gasteiger partial charge on any atom is -0.477 e. The molecular formula is C16H17N3O3. The number of amides is 1. The molecule has 0 atom stereocenters. The molecule has 3 heterocycles. The summed E-state index contributed by atoms with van der Waals surface area (Å²) in [4.78, 5) is 23.0. The third-order valence-corrected chi connectivity index (χ3v) is 3.35. The van der Waals surface area contributed by atoms with Crippen LogP contribution in [0, 0.1) is 6.92 Å². The number of pyridine rings is 2. The van der Waals surface area contributed by atoms with Crippen LogP contribution in [0.4, 0.5) is 5.69 Å². The first-order valence-corrected chi connectivity index (χ1v) is 7.21. The molecule has 1 aliphatic heterocycles. The molecular weight excluding hydrogens is 282 g/mol. The fraction of sp³-hybridized carbons (Fsp3) is 0.312. The van der Waals surface area contributed by atoms with E-state index in [1.807, 2.05) is 26.0 Å². The summed E-state index contributed by atoms with van der Waals surface area (Å²) >= 11 is 0. The number of hydrogen-bond acceptors (Lipinski definition) is 5. The van der Waals surface area contributed by atoms with Crippen molar-refractivity contribution < 1.29 is 14.3 Å². The number of anilines is 1.